The van der Waals surface area contributed by atoms with Crippen LogP contribution in [0.25, 0.3) is 0 Å². The number of nitrogens with zero attached hydrogens (tertiary/aromatic N) is 1. The quantitative estimate of drug-likeness (QED) is 0.659. The smallest absolute Gasteiger partial charge is 0.257 e. The SMILES string of the molecule is C[C@H]1CCCN1C(=O)c1ccoc1. The third-order valence-corrected chi connectivity index (χ3v) is 2.58. The van der Waals surface area contributed by atoms with E-state index >= 15 is 0 Å². The van der Waals surface area contributed by atoms with Gasteiger partial charge >= 0.3 is 0 Å². The summed E-state index contributed by atoms with van der Waals surface area (Å²) in [4.78, 5) is 13.7. The Kier molecular flexibility index (Phi) is 2.08. The standard InChI is InChI=1S/C10H13NO2/c1-8-3-2-5-11(8)10(12)9-4-6-13-7-9/h4,6-8H,2-3,5H2,1H3/t8-/m0/s1. The first-order valence-corrected chi connectivity index (χ1v) is 4.62. The molecule has 70 valence electrons. The van der Waals surface area contributed by atoms with E-state index in [-0.39, 0.29) is 5.91 Å². The lowest BCUT2D eigenvalue weighted by atomic mass is 10.2. The summed E-state index contributed by atoms with van der Waals surface area (Å²) in [7, 11) is 0. The highest BCUT2D eigenvalue weighted by atomic mass is 16.3. The molecule has 0 unspecified atom stereocenters. The zero-order valence-corrected chi connectivity index (χ0v) is 7.69. The number of carbonyl (C=O) groups is 1. The summed E-state index contributed by atoms with van der Waals surface area (Å²) in [5, 5.41) is 0. The Bertz CT molecular complexity index is 292. The molecule has 0 saturated carbocycles. The molecular formula is C10H13NO2. The van der Waals surface area contributed by atoms with Crippen molar-refractivity contribution in [2.75, 3.05) is 6.54 Å². The Labute approximate surface area is 77.3 Å². The second kappa shape index (κ2) is 3.24. The van der Waals surface area contributed by atoms with Gasteiger partial charge in [-0.15, -0.1) is 0 Å². The van der Waals surface area contributed by atoms with E-state index < -0.39 is 0 Å². The van der Waals surface area contributed by atoms with Crippen molar-refractivity contribution in [1.82, 2.24) is 4.90 Å². The van der Waals surface area contributed by atoms with E-state index in [1.54, 1.807) is 6.07 Å². The fourth-order valence-corrected chi connectivity index (χ4v) is 1.79. The van der Waals surface area contributed by atoms with E-state index in [0.29, 0.717) is 11.6 Å². The molecule has 3 heteroatoms. The van der Waals surface area contributed by atoms with Crippen LogP contribution in [-0.4, -0.2) is 23.4 Å². The van der Waals surface area contributed by atoms with Crippen LogP contribution in [0, 0.1) is 0 Å². The first-order valence-electron chi connectivity index (χ1n) is 4.62. The third-order valence-electron chi connectivity index (χ3n) is 2.58. The predicted molar refractivity (Wildman–Crippen MR) is 48.4 cm³/mol. The molecule has 0 N–H and O–H groups in total. The maximum Gasteiger partial charge on any atom is 0.257 e. The number of amides is 1. The lowest BCUT2D eigenvalue weighted by Crippen LogP contribution is -2.33. The Morgan fingerprint density at radius 3 is 3.08 bits per heavy atom. The second-order valence-corrected chi connectivity index (χ2v) is 3.50. The van der Waals surface area contributed by atoms with E-state index in [9.17, 15) is 4.79 Å². The minimum Gasteiger partial charge on any atom is -0.472 e. The van der Waals surface area contributed by atoms with Gasteiger partial charge in [0.15, 0.2) is 0 Å². The summed E-state index contributed by atoms with van der Waals surface area (Å²) in [5.74, 6) is 0.0961. The minimum absolute atomic E-state index is 0.0961. The van der Waals surface area contributed by atoms with Crippen molar-refractivity contribution >= 4 is 5.91 Å². The van der Waals surface area contributed by atoms with Gasteiger partial charge in [0.2, 0.25) is 0 Å². The van der Waals surface area contributed by atoms with E-state index in [4.69, 9.17) is 4.42 Å². The van der Waals surface area contributed by atoms with Crippen LogP contribution in [0.15, 0.2) is 23.0 Å². The molecule has 2 heterocycles. The molecule has 3 nitrogen and oxygen atoms in total. The summed E-state index contributed by atoms with van der Waals surface area (Å²) in [5.41, 5.74) is 0.661. The summed E-state index contributed by atoms with van der Waals surface area (Å²) in [6, 6.07) is 2.09. The van der Waals surface area contributed by atoms with Crippen molar-refractivity contribution in [3.63, 3.8) is 0 Å². The molecule has 0 aliphatic carbocycles. The largest absolute Gasteiger partial charge is 0.472 e. The zero-order chi connectivity index (χ0) is 9.26. The summed E-state index contributed by atoms with van der Waals surface area (Å²) < 4.78 is 4.88. The highest BCUT2D eigenvalue weighted by Crippen LogP contribution is 2.19. The number of likely N-dealkylation sites (tertiary alicyclic amines) is 1. The van der Waals surface area contributed by atoms with Crippen LogP contribution < -0.4 is 0 Å². The normalized spacial score (nSPS) is 22.2. The van der Waals surface area contributed by atoms with Crippen LogP contribution in [0.4, 0.5) is 0 Å². The summed E-state index contributed by atoms with van der Waals surface area (Å²) in [6.45, 7) is 2.97. The number of furan rings is 1. The molecule has 13 heavy (non-hydrogen) atoms. The molecule has 1 saturated heterocycles. The molecule has 1 aromatic rings. The van der Waals surface area contributed by atoms with Crippen LogP contribution in [0.3, 0.4) is 0 Å². The van der Waals surface area contributed by atoms with Crippen LogP contribution in [0.1, 0.15) is 30.1 Å². The number of rotatable bonds is 1. The van der Waals surface area contributed by atoms with Crippen molar-refractivity contribution in [1.29, 1.82) is 0 Å². The summed E-state index contributed by atoms with van der Waals surface area (Å²) >= 11 is 0. The van der Waals surface area contributed by atoms with Gasteiger partial charge in [-0.1, -0.05) is 0 Å². The Morgan fingerprint density at radius 2 is 2.54 bits per heavy atom. The van der Waals surface area contributed by atoms with Gasteiger partial charge in [0, 0.05) is 12.6 Å². The van der Waals surface area contributed by atoms with Gasteiger partial charge in [0.25, 0.3) is 5.91 Å². The van der Waals surface area contributed by atoms with Crippen molar-refractivity contribution in [3.8, 4) is 0 Å². The van der Waals surface area contributed by atoms with E-state index in [0.717, 1.165) is 19.4 Å². The maximum absolute atomic E-state index is 11.8. The van der Waals surface area contributed by atoms with Crippen LogP contribution in [0.2, 0.25) is 0 Å². The number of carbonyl (C=O) groups excluding carboxylic acids is 1. The fourth-order valence-electron chi connectivity index (χ4n) is 1.79. The van der Waals surface area contributed by atoms with Crippen molar-refractivity contribution < 1.29 is 9.21 Å². The van der Waals surface area contributed by atoms with Gasteiger partial charge in [0.1, 0.15) is 6.26 Å². The third kappa shape index (κ3) is 1.46. The van der Waals surface area contributed by atoms with Gasteiger partial charge in [0.05, 0.1) is 11.8 Å². The van der Waals surface area contributed by atoms with Gasteiger partial charge < -0.3 is 9.32 Å². The van der Waals surface area contributed by atoms with Gasteiger partial charge in [-0.05, 0) is 25.8 Å². The van der Waals surface area contributed by atoms with E-state index in [2.05, 4.69) is 6.92 Å². The second-order valence-electron chi connectivity index (χ2n) is 3.50. The molecule has 1 amide bonds. The Morgan fingerprint density at radius 1 is 1.69 bits per heavy atom. The topological polar surface area (TPSA) is 33.5 Å². The molecular weight excluding hydrogens is 166 g/mol. The first kappa shape index (κ1) is 8.35. The average molecular weight is 179 g/mol. The molecule has 0 spiro atoms. The molecule has 1 aliphatic heterocycles. The molecule has 0 bridgehead atoms. The van der Waals surface area contributed by atoms with Gasteiger partial charge in [-0.3, -0.25) is 4.79 Å². The van der Waals surface area contributed by atoms with Crippen molar-refractivity contribution in [3.05, 3.63) is 24.2 Å². The highest BCUT2D eigenvalue weighted by molar-refractivity contribution is 5.94. The molecule has 1 aliphatic rings. The molecule has 1 aromatic heterocycles. The predicted octanol–water partition coefficient (Wildman–Crippen LogP) is 1.90. The highest BCUT2D eigenvalue weighted by Gasteiger charge is 2.26. The molecule has 1 atom stereocenters. The van der Waals surface area contributed by atoms with Gasteiger partial charge in [-0.25, -0.2) is 0 Å². The monoisotopic (exact) mass is 179 g/mol. The van der Waals surface area contributed by atoms with Crippen LogP contribution in [0.5, 0.6) is 0 Å². The average Bonchev–Trinajstić information content (AvgIpc) is 2.72. The lowest BCUT2D eigenvalue weighted by Gasteiger charge is -2.20. The van der Waals surface area contributed by atoms with Crippen LogP contribution in [-0.2, 0) is 0 Å². The number of hydrogen-bond acceptors (Lipinski definition) is 2. The molecule has 0 aromatic carbocycles. The zero-order valence-electron chi connectivity index (χ0n) is 7.69. The van der Waals surface area contributed by atoms with Crippen molar-refractivity contribution in [2.45, 2.75) is 25.8 Å². The Hall–Kier alpha value is -1.25. The Balaban J connectivity index is 2.13. The molecule has 1 fully saturated rings. The van der Waals surface area contributed by atoms with E-state index in [1.807, 2.05) is 4.90 Å². The van der Waals surface area contributed by atoms with E-state index in [1.165, 1.54) is 12.5 Å². The lowest BCUT2D eigenvalue weighted by molar-refractivity contribution is 0.0747. The maximum atomic E-state index is 11.8. The molecule has 0 radical (unpaired) electrons. The summed E-state index contributed by atoms with van der Waals surface area (Å²) in [6.07, 6.45) is 5.27. The minimum atomic E-state index is 0.0961. The number of hydrogen-bond donors (Lipinski definition) is 0. The van der Waals surface area contributed by atoms with Gasteiger partial charge in [-0.2, -0.15) is 0 Å². The van der Waals surface area contributed by atoms with Crippen molar-refractivity contribution in [2.24, 2.45) is 0 Å². The first-order chi connectivity index (χ1) is 6.29. The molecule has 2 rings (SSSR count). The van der Waals surface area contributed by atoms with Crippen LogP contribution >= 0.6 is 0 Å². The fraction of sp³-hybridized carbons (Fsp3) is 0.500.